The quantitative estimate of drug-likeness (QED) is 0.762. The Bertz CT molecular complexity index is 204. The fraction of sp³-hybridized carbons (Fsp3) is 0.600. The van der Waals surface area contributed by atoms with Crippen molar-refractivity contribution >= 4 is 11.3 Å². The summed E-state index contributed by atoms with van der Waals surface area (Å²) in [5, 5.41) is 4.23. The van der Waals surface area contributed by atoms with E-state index in [1.54, 1.807) is 11.3 Å². The van der Waals surface area contributed by atoms with Gasteiger partial charge < -0.3 is 5.73 Å². The highest BCUT2D eigenvalue weighted by Crippen LogP contribution is 2.20. The van der Waals surface area contributed by atoms with Crippen molar-refractivity contribution in [2.45, 2.75) is 32.7 Å². The van der Waals surface area contributed by atoms with E-state index in [2.05, 4.69) is 30.7 Å². The molecule has 0 unspecified atom stereocenters. The zero-order valence-electron chi connectivity index (χ0n) is 7.79. The van der Waals surface area contributed by atoms with Crippen LogP contribution in [0, 0.1) is 5.92 Å². The van der Waals surface area contributed by atoms with E-state index in [1.165, 1.54) is 12.0 Å². The molecule has 0 bridgehead atoms. The molecule has 0 aliphatic rings. The second kappa shape index (κ2) is 4.63. The summed E-state index contributed by atoms with van der Waals surface area (Å²) in [6.45, 7) is 4.47. The Morgan fingerprint density at radius 1 is 1.42 bits per heavy atom. The van der Waals surface area contributed by atoms with Crippen LogP contribution in [0.1, 0.15) is 38.3 Å². The SMILES string of the molecule is CC(C)CC[C@H](N)c1ccsc1. The molecule has 2 heteroatoms. The topological polar surface area (TPSA) is 26.0 Å². The molecule has 0 aliphatic carbocycles. The van der Waals surface area contributed by atoms with Gasteiger partial charge >= 0.3 is 0 Å². The van der Waals surface area contributed by atoms with Gasteiger partial charge in [-0.1, -0.05) is 13.8 Å². The molecule has 2 N–H and O–H groups in total. The van der Waals surface area contributed by atoms with E-state index in [9.17, 15) is 0 Å². The normalized spacial score (nSPS) is 13.7. The van der Waals surface area contributed by atoms with Crippen LogP contribution in [0.4, 0.5) is 0 Å². The van der Waals surface area contributed by atoms with E-state index in [-0.39, 0.29) is 6.04 Å². The van der Waals surface area contributed by atoms with Crippen LogP contribution >= 0.6 is 11.3 Å². The van der Waals surface area contributed by atoms with Crippen molar-refractivity contribution in [3.63, 3.8) is 0 Å². The molecule has 0 aromatic carbocycles. The molecule has 0 amide bonds. The van der Waals surface area contributed by atoms with E-state index in [4.69, 9.17) is 5.73 Å². The molecule has 0 aliphatic heterocycles. The van der Waals surface area contributed by atoms with Gasteiger partial charge in [0.2, 0.25) is 0 Å². The summed E-state index contributed by atoms with van der Waals surface area (Å²) in [5.41, 5.74) is 7.29. The van der Waals surface area contributed by atoms with Crippen LogP contribution in [0.5, 0.6) is 0 Å². The first kappa shape index (κ1) is 9.75. The molecule has 0 radical (unpaired) electrons. The lowest BCUT2D eigenvalue weighted by atomic mass is 10.0. The number of thiophene rings is 1. The van der Waals surface area contributed by atoms with Crippen LogP contribution in [0.15, 0.2) is 16.8 Å². The largest absolute Gasteiger partial charge is 0.324 e. The van der Waals surface area contributed by atoms with Gasteiger partial charge in [-0.25, -0.2) is 0 Å². The number of nitrogens with two attached hydrogens (primary N) is 1. The van der Waals surface area contributed by atoms with Gasteiger partial charge in [0, 0.05) is 6.04 Å². The molecule has 1 aromatic heterocycles. The zero-order valence-corrected chi connectivity index (χ0v) is 8.60. The van der Waals surface area contributed by atoms with Gasteiger partial charge in [0.1, 0.15) is 0 Å². The molecule has 0 fully saturated rings. The molecule has 1 aromatic rings. The van der Waals surface area contributed by atoms with E-state index in [0.29, 0.717) is 0 Å². The smallest absolute Gasteiger partial charge is 0.0303 e. The van der Waals surface area contributed by atoms with Gasteiger partial charge in [-0.15, -0.1) is 0 Å². The Kier molecular flexibility index (Phi) is 3.76. The van der Waals surface area contributed by atoms with Gasteiger partial charge in [-0.3, -0.25) is 0 Å². The Morgan fingerprint density at radius 2 is 2.17 bits per heavy atom. The molecule has 0 saturated carbocycles. The van der Waals surface area contributed by atoms with Crippen molar-refractivity contribution in [3.8, 4) is 0 Å². The summed E-state index contributed by atoms with van der Waals surface area (Å²) in [4.78, 5) is 0. The Hall–Kier alpha value is -0.340. The molecule has 1 nitrogen and oxygen atoms in total. The molecular weight excluding hydrogens is 166 g/mol. The first-order valence-corrected chi connectivity index (χ1v) is 5.42. The van der Waals surface area contributed by atoms with E-state index >= 15 is 0 Å². The fourth-order valence-corrected chi connectivity index (χ4v) is 1.89. The molecule has 0 saturated heterocycles. The first-order chi connectivity index (χ1) is 5.70. The minimum absolute atomic E-state index is 0.249. The second-order valence-electron chi connectivity index (χ2n) is 3.63. The van der Waals surface area contributed by atoms with Gasteiger partial charge in [-0.05, 0) is 41.1 Å². The zero-order chi connectivity index (χ0) is 8.97. The van der Waals surface area contributed by atoms with Gasteiger partial charge in [0.15, 0.2) is 0 Å². The molecule has 1 rings (SSSR count). The van der Waals surface area contributed by atoms with Crippen molar-refractivity contribution in [3.05, 3.63) is 22.4 Å². The lowest BCUT2D eigenvalue weighted by molar-refractivity contribution is 0.508. The summed E-state index contributed by atoms with van der Waals surface area (Å²) >= 11 is 1.72. The molecule has 12 heavy (non-hydrogen) atoms. The molecule has 1 heterocycles. The van der Waals surface area contributed by atoms with Crippen LogP contribution in [-0.4, -0.2) is 0 Å². The van der Waals surface area contributed by atoms with Crippen molar-refractivity contribution in [1.82, 2.24) is 0 Å². The standard InChI is InChI=1S/C10H17NS/c1-8(2)3-4-10(11)9-5-6-12-7-9/h5-8,10H,3-4,11H2,1-2H3/t10-/m0/s1. The Balaban J connectivity index is 2.34. The highest BCUT2D eigenvalue weighted by molar-refractivity contribution is 7.07. The number of hydrogen-bond donors (Lipinski definition) is 1. The van der Waals surface area contributed by atoms with Crippen LogP contribution in [0.2, 0.25) is 0 Å². The van der Waals surface area contributed by atoms with Crippen LogP contribution < -0.4 is 5.73 Å². The monoisotopic (exact) mass is 183 g/mol. The molecular formula is C10H17NS. The third-order valence-electron chi connectivity index (χ3n) is 2.03. The lowest BCUT2D eigenvalue weighted by Crippen LogP contribution is -2.09. The third-order valence-corrected chi connectivity index (χ3v) is 2.73. The van der Waals surface area contributed by atoms with E-state index in [0.717, 1.165) is 12.3 Å². The highest BCUT2D eigenvalue weighted by Gasteiger charge is 2.06. The van der Waals surface area contributed by atoms with E-state index in [1.807, 2.05) is 0 Å². The number of hydrogen-bond acceptors (Lipinski definition) is 2. The average Bonchev–Trinajstić information content (AvgIpc) is 2.51. The van der Waals surface area contributed by atoms with Crippen molar-refractivity contribution < 1.29 is 0 Å². The Morgan fingerprint density at radius 3 is 2.67 bits per heavy atom. The van der Waals surface area contributed by atoms with Crippen LogP contribution in [-0.2, 0) is 0 Å². The first-order valence-electron chi connectivity index (χ1n) is 4.48. The molecule has 0 spiro atoms. The van der Waals surface area contributed by atoms with Crippen molar-refractivity contribution in [1.29, 1.82) is 0 Å². The average molecular weight is 183 g/mol. The number of rotatable bonds is 4. The minimum atomic E-state index is 0.249. The van der Waals surface area contributed by atoms with Gasteiger partial charge in [0.25, 0.3) is 0 Å². The summed E-state index contributed by atoms with van der Waals surface area (Å²) in [5.74, 6) is 0.759. The predicted molar refractivity (Wildman–Crippen MR) is 55.3 cm³/mol. The van der Waals surface area contributed by atoms with Gasteiger partial charge in [0.05, 0.1) is 0 Å². The summed E-state index contributed by atoms with van der Waals surface area (Å²) in [6, 6.07) is 2.37. The van der Waals surface area contributed by atoms with Crippen molar-refractivity contribution in [2.75, 3.05) is 0 Å². The van der Waals surface area contributed by atoms with E-state index < -0.39 is 0 Å². The lowest BCUT2D eigenvalue weighted by Gasteiger charge is -2.10. The molecule has 1 atom stereocenters. The predicted octanol–water partition coefficient (Wildman–Crippen LogP) is 3.18. The summed E-state index contributed by atoms with van der Waals surface area (Å²) in [7, 11) is 0. The van der Waals surface area contributed by atoms with Crippen LogP contribution in [0.25, 0.3) is 0 Å². The summed E-state index contributed by atoms with van der Waals surface area (Å²) in [6.07, 6.45) is 2.32. The summed E-state index contributed by atoms with van der Waals surface area (Å²) < 4.78 is 0. The highest BCUT2D eigenvalue weighted by atomic mass is 32.1. The second-order valence-corrected chi connectivity index (χ2v) is 4.41. The van der Waals surface area contributed by atoms with Gasteiger partial charge in [-0.2, -0.15) is 11.3 Å². The van der Waals surface area contributed by atoms with Crippen molar-refractivity contribution in [2.24, 2.45) is 11.7 Å². The maximum atomic E-state index is 5.99. The minimum Gasteiger partial charge on any atom is -0.324 e. The maximum absolute atomic E-state index is 5.99. The fourth-order valence-electron chi connectivity index (χ4n) is 1.17. The maximum Gasteiger partial charge on any atom is 0.0303 e. The Labute approximate surface area is 78.6 Å². The molecule has 68 valence electrons. The van der Waals surface area contributed by atoms with Crippen LogP contribution in [0.3, 0.4) is 0 Å². The third kappa shape index (κ3) is 2.95.